The summed E-state index contributed by atoms with van der Waals surface area (Å²) in [5.74, 6) is 0. The lowest BCUT2D eigenvalue weighted by molar-refractivity contribution is 0.601. The minimum absolute atomic E-state index is 0.103. The summed E-state index contributed by atoms with van der Waals surface area (Å²) in [5.41, 5.74) is 2.96. The molecule has 0 saturated carbocycles. The molecule has 9 heteroatoms. The van der Waals surface area contributed by atoms with Gasteiger partial charge in [0.1, 0.15) is 0 Å². The monoisotopic (exact) mass is 465 g/mol. The van der Waals surface area contributed by atoms with Crippen molar-refractivity contribution < 1.29 is 8.42 Å². The van der Waals surface area contributed by atoms with Crippen LogP contribution in [-0.4, -0.2) is 13.5 Å². The highest BCUT2D eigenvalue weighted by Gasteiger charge is 2.15. The summed E-state index contributed by atoms with van der Waals surface area (Å²) in [6.45, 7) is 1.99. The summed E-state index contributed by atoms with van der Waals surface area (Å²) in [4.78, 5) is 0.103. The average molecular weight is 466 g/mol. The van der Waals surface area contributed by atoms with E-state index in [1.54, 1.807) is 12.1 Å². The summed E-state index contributed by atoms with van der Waals surface area (Å²) in [7, 11) is -3.77. The summed E-state index contributed by atoms with van der Waals surface area (Å²) in [5, 5.41) is 7.13. The smallest absolute Gasteiger partial charge is 0.261 e. The predicted molar refractivity (Wildman–Crippen MR) is 125 cm³/mol. The van der Waals surface area contributed by atoms with Gasteiger partial charge in [-0.25, -0.2) is 8.42 Å². The second-order valence-corrected chi connectivity index (χ2v) is 9.11. The fourth-order valence-corrected chi connectivity index (χ4v) is 4.09. The number of anilines is 3. The largest absolute Gasteiger partial charge is 0.332 e. The van der Waals surface area contributed by atoms with Gasteiger partial charge in [0.25, 0.3) is 10.0 Å². The van der Waals surface area contributed by atoms with Gasteiger partial charge in [-0.05, 0) is 79.3 Å². The molecule has 150 valence electrons. The van der Waals surface area contributed by atoms with E-state index in [0.29, 0.717) is 21.5 Å². The zero-order valence-electron chi connectivity index (χ0n) is 15.2. The number of nitrogens with one attached hydrogen (secondary N) is 3. The number of thiocarbonyl (C=S) groups is 1. The van der Waals surface area contributed by atoms with E-state index < -0.39 is 10.0 Å². The number of hydrogen-bond donors (Lipinski definition) is 3. The van der Waals surface area contributed by atoms with Crippen LogP contribution in [0, 0.1) is 6.92 Å². The molecule has 0 spiro atoms. The third-order valence-electron chi connectivity index (χ3n) is 3.87. The molecule has 3 rings (SSSR count). The number of hydrogen-bond acceptors (Lipinski definition) is 3. The van der Waals surface area contributed by atoms with Gasteiger partial charge in [0, 0.05) is 11.4 Å². The first-order chi connectivity index (χ1) is 13.7. The molecule has 0 aliphatic carbocycles. The third kappa shape index (κ3) is 5.83. The van der Waals surface area contributed by atoms with E-state index in [1.807, 2.05) is 31.2 Å². The Balaban J connectivity index is 1.67. The molecule has 0 saturated heterocycles. The van der Waals surface area contributed by atoms with Gasteiger partial charge in [0.2, 0.25) is 0 Å². The fraction of sp³-hybridized carbons (Fsp3) is 0.0500. The van der Waals surface area contributed by atoms with E-state index in [0.717, 1.165) is 11.3 Å². The normalized spacial score (nSPS) is 11.0. The first-order valence-corrected chi connectivity index (χ1v) is 11.1. The minimum atomic E-state index is -3.77. The number of halogens is 2. The second-order valence-electron chi connectivity index (χ2n) is 6.21. The van der Waals surface area contributed by atoms with E-state index >= 15 is 0 Å². The SMILES string of the molecule is Cc1cccc(NC(=S)Nc2ccc(S(=O)(=O)Nc3ccc(Cl)c(Cl)c3)cc2)c1. The number of aryl methyl sites for hydroxylation is 1. The summed E-state index contributed by atoms with van der Waals surface area (Å²) in [6, 6.07) is 18.5. The van der Waals surface area contributed by atoms with Crippen molar-refractivity contribution in [3.63, 3.8) is 0 Å². The zero-order chi connectivity index (χ0) is 21.0. The van der Waals surface area contributed by atoms with Crippen molar-refractivity contribution in [2.24, 2.45) is 0 Å². The maximum atomic E-state index is 12.6. The molecule has 3 aromatic rings. The lowest BCUT2D eigenvalue weighted by Crippen LogP contribution is -2.19. The van der Waals surface area contributed by atoms with Crippen molar-refractivity contribution in [2.45, 2.75) is 11.8 Å². The van der Waals surface area contributed by atoms with Crippen LogP contribution in [0.1, 0.15) is 5.56 Å². The Morgan fingerprint density at radius 1 is 0.828 bits per heavy atom. The molecule has 0 unspecified atom stereocenters. The van der Waals surface area contributed by atoms with Crippen molar-refractivity contribution in [3.8, 4) is 0 Å². The fourth-order valence-electron chi connectivity index (χ4n) is 2.51. The molecular formula is C20H17Cl2N3O2S2. The van der Waals surface area contributed by atoms with Crippen LogP contribution in [0.4, 0.5) is 17.1 Å². The van der Waals surface area contributed by atoms with Crippen LogP contribution in [0.2, 0.25) is 10.0 Å². The van der Waals surface area contributed by atoms with Gasteiger partial charge in [-0.3, -0.25) is 4.72 Å². The highest BCUT2D eigenvalue weighted by Crippen LogP contribution is 2.26. The van der Waals surface area contributed by atoms with E-state index in [1.165, 1.54) is 30.3 Å². The van der Waals surface area contributed by atoms with E-state index in [4.69, 9.17) is 35.4 Å². The molecule has 3 N–H and O–H groups in total. The van der Waals surface area contributed by atoms with Crippen LogP contribution in [0.25, 0.3) is 0 Å². The lowest BCUT2D eigenvalue weighted by Gasteiger charge is -2.12. The van der Waals surface area contributed by atoms with Gasteiger partial charge in [-0.1, -0.05) is 35.3 Å². The standard InChI is InChI=1S/C20H17Cl2N3O2S2/c1-13-3-2-4-15(11-13)24-20(28)23-14-5-8-17(9-6-14)29(26,27)25-16-7-10-18(21)19(22)12-16/h2-12,25H,1H3,(H2,23,24,28). The first kappa shape index (κ1) is 21.4. The molecule has 5 nitrogen and oxygen atoms in total. The molecule has 0 aliphatic rings. The highest BCUT2D eigenvalue weighted by atomic mass is 35.5. The van der Waals surface area contributed by atoms with Crippen LogP contribution in [-0.2, 0) is 10.0 Å². The molecule has 0 aromatic heterocycles. The molecule has 0 amide bonds. The quantitative estimate of drug-likeness (QED) is 0.408. The molecule has 3 aromatic carbocycles. The first-order valence-electron chi connectivity index (χ1n) is 8.45. The topological polar surface area (TPSA) is 70.2 Å². The van der Waals surface area contributed by atoms with Gasteiger partial charge in [-0.15, -0.1) is 0 Å². The minimum Gasteiger partial charge on any atom is -0.332 e. The van der Waals surface area contributed by atoms with Crippen molar-refractivity contribution >= 4 is 67.6 Å². The van der Waals surface area contributed by atoms with E-state index in [9.17, 15) is 8.42 Å². The van der Waals surface area contributed by atoms with Crippen LogP contribution >= 0.6 is 35.4 Å². The molecule has 0 heterocycles. The van der Waals surface area contributed by atoms with E-state index in [-0.39, 0.29) is 9.92 Å². The molecule has 0 aliphatic heterocycles. The van der Waals surface area contributed by atoms with Gasteiger partial charge in [0.05, 0.1) is 20.6 Å². The average Bonchev–Trinajstić information content (AvgIpc) is 2.65. The highest BCUT2D eigenvalue weighted by molar-refractivity contribution is 7.92. The van der Waals surface area contributed by atoms with Crippen LogP contribution in [0.5, 0.6) is 0 Å². The summed E-state index contributed by atoms with van der Waals surface area (Å²) < 4.78 is 27.6. The third-order valence-corrected chi connectivity index (χ3v) is 6.21. The summed E-state index contributed by atoms with van der Waals surface area (Å²) >= 11 is 17.1. The Kier molecular flexibility index (Phi) is 6.64. The maximum absolute atomic E-state index is 12.6. The predicted octanol–water partition coefficient (Wildman–Crippen LogP) is 5.91. The Morgan fingerprint density at radius 3 is 2.14 bits per heavy atom. The molecule has 0 bridgehead atoms. The van der Waals surface area contributed by atoms with Gasteiger partial charge >= 0.3 is 0 Å². The summed E-state index contributed by atoms with van der Waals surface area (Å²) in [6.07, 6.45) is 0. The molecular weight excluding hydrogens is 449 g/mol. The van der Waals surface area contributed by atoms with Crippen molar-refractivity contribution in [1.29, 1.82) is 0 Å². The Labute approximate surface area is 185 Å². The Morgan fingerprint density at radius 2 is 1.48 bits per heavy atom. The Bertz CT molecular complexity index is 1150. The lowest BCUT2D eigenvalue weighted by atomic mass is 10.2. The van der Waals surface area contributed by atoms with Crippen LogP contribution in [0.15, 0.2) is 71.6 Å². The molecule has 0 fully saturated rings. The van der Waals surface area contributed by atoms with Gasteiger partial charge in [0.15, 0.2) is 5.11 Å². The number of benzene rings is 3. The Hall–Kier alpha value is -2.32. The zero-order valence-corrected chi connectivity index (χ0v) is 18.4. The maximum Gasteiger partial charge on any atom is 0.261 e. The number of rotatable bonds is 5. The number of sulfonamides is 1. The van der Waals surface area contributed by atoms with Crippen molar-refractivity contribution in [1.82, 2.24) is 0 Å². The second kappa shape index (κ2) is 9.00. The van der Waals surface area contributed by atoms with Crippen molar-refractivity contribution in [2.75, 3.05) is 15.4 Å². The van der Waals surface area contributed by atoms with E-state index in [2.05, 4.69) is 15.4 Å². The molecule has 29 heavy (non-hydrogen) atoms. The molecule has 0 atom stereocenters. The van der Waals surface area contributed by atoms with Crippen LogP contribution in [0.3, 0.4) is 0 Å². The van der Waals surface area contributed by atoms with Crippen LogP contribution < -0.4 is 15.4 Å². The van der Waals surface area contributed by atoms with Gasteiger partial charge in [-0.2, -0.15) is 0 Å². The van der Waals surface area contributed by atoms with Gasteiger partial charge < -0.3 is 10.6 Å². The molecule has 0 radical (unpaired) electrons. The van der Waals surface area contributed by atoms with Crippen molar-refractivity contribution in [3.05, 3.63) is 82.3 Å².